The lowest BCUT2D eigenvalue weighted by Crippen LogP contribution is -2.39. The van der Waals surface area contributed by atoms with Crippen molar-refractivity contribution >= 4 is 5.91 Å². The molecule has 5 nitrogen and oxygen atoms in total. The second-order valence-corrected chi connectivity index (χ2v) is 6.55. The number of rotatable bonds is 4. The maximum absolute atomic E-state index is 13.6. The second-order valence-electron chi connectivity index (χ2n) is 6.55. The molecule has 2 aliphatic heterocycles. The van der Waals surface area contributed by atoms with Gasteiger partial charge < -0.3 is 19.1 Å². The first-order valence-electron chi connectivity index (χ1n) is 8.77. The van der Waals surface area contributed by atoms with Gasteiger partial charge in [0.05, 0.1) is 6.61 Å². The van der Waals surface area contributed by atoms with Crippen molar-refractivity contribution in [2.75, 3.05) is 26.5 Å². The number of carbonyl (C=O) groups is 1. The molecule has 1 amide bonds. The summed E-state index contributed by atoms with van der Waals surface area (Å²) in [5.41, 5.74) is 0.607. The Hall–Kier alpha value is -2.76. The predicted molar refractivity (Wildman–Crippen MR) is 93.1 cm³/mol. The summed E-state index contributed by atoms with van der Waals surface area (Å²) in [7, 11) is 0. The molecular weight excluding hydrogens is 337 g/mol. The van der Waals surface area contributed by atoms with Gasteiger partial charge in [0.2, 0.25) is 6.79 Å². The van der Waals surface area contributed by atoms with Gasteiger partial charge >= 0.3 is 0 Å². The van der Waals surface area contributed by atoms with E-state index in [9.17, 15) is 9.18 Å². The quantitative estimate of drug-likeness (QED) is 0.841. The maximum Gasteiger partial charge on any atom is 0.253 e. The molecule has 1 saturated heterocycles. The Bertz CT molecular complexity index is 802. The molecule has 4 rings (SSSR count). The minimum absolute atomic E-state index is 0.00299. The summed E-state index contributed by atoms with van der Waals surface area (Å²) >= 11 is 0. The van der Waals surface area contributed by atoms with E-state index in [2.05, 4.69) is 0 Å². The molecule has 0 aromatic heterocycles. The molecular formula is C20H20FNO4. The number of likely N-dealkylation sites (tertiary alicyclic amines) is 1. The van der Waals surface area contributed by atoms with Gasteiger partial charge in [0.1, 0.15) is 0 Å². The van der Waals surface area contributed by atoms with E-state index in [0.29, 0.717) is 42.7 Å². The smallest absolute Gasteiger partial charge is 0.253 e. The molecule has 0 spiro atoms. The first-order valence-corrected chi connectivity index (χ1v) is 8.77. The number of carbonyl (C=O) groups excluding carboxylic acids is 1. The average molecular weight is 357 g/mol. The zero-order chi connectivity index (χ0) is 17.9. The molecule has 2 heterocycles. The molecule has 0 aliphatic carbocycles. The van der Waals surface area contributed by atoms with Gasteiger partial charge in [-0.15, -0.1) is 0 Å². The molecule has 0 N–H and O–H groups in total. The molecule has 0 radical (unpaired) electrons. The van der Waals surface area contributed by atoms with Crippen LogP contribution in [0.15, 0.2) is 42.5 Å². The Morgan fingerprint density at radius 3 is 2.69 bits per heavy atom. The molecule has 26 heavy (non-hydrogen) atoms. The maximum atomic E-state index is 13.6. The summed E-state index contributed by atoms with van der Waals surface area (Å²) in [6, 6.07) is 11.7. The molecule has 2 aromatic carbocycles. The van der Waals surface area contributed by atoms with Crippen molar-refractivity contribution in [3.05, 3.63) is 53.8 Å². The molecule has 2 aliphatic rings. The van der Waals surface area contributed by atoms with Gasteiger partial charge in [-0.3, -0.25) is 4.79 Å². The zero-order valence-electron chi connectivity index (χ0n) is 14.3. The van der Waals surface area contributed by atoms with Crippen molar-refractivity contribution in [1.82, 2.24) is 4.90 Å². The molecule has 0 bridgehead atoms. The van der Waals surface area contributed by atoms with Crippen LogP contribution in [0, 0.1) is 11.7 Å². The first kappa shape index (κ1) is 16.7. The Kier molecular flexibility index (Phi) is 4.65. The van der Waals surface area contributed by atoms with Crippen LogP contribution in [0.2, 0.25) is 0 Å². The molecule has 0 unspecified atom stereocenters. The van der Waals surface area contributed by atoms with Crippen LogP contribution in [0.25, 0.3) is 0 Å². The highest BCUT2D eigenvalue weighted by molar-refractivity contribution is 5.95. The van der Waals surface area contributed by atoms with Crippen molar-refractivity contribution in [3.8, 4) is 17.2 Å². The highest BCUT2D eigenvalue weighted by Gasteiger charge is 2.25. The number of fused-ring (bicyclic) bond motifs is 1. The number of para-hydroxylation sites is 1. The highest BCUT2D eigenvalue weighted by Crippen LogP contribution is 2.33. The SMILES string of the molecule is O=C(c1ccc2c(c1)OCO2)N1CCC(COc2ccccc2F)CC1. The lowest BCUT2D eigenvalue weighted by atomic mass is 9.97. The van der Waals surface area contributed by atoms with Gasteiger partial charge in [0.15, 0.2) is 23.1 Å². The van der Waals surface area contributed by atoms with Crippen LogP contribution in [-0.2, 0) is 0 Å². The van der Waals surface area contributed by atoms with Gasteiger partial charge in [-0.1, -0.05) is 12.1 Å². The summed E-state index contributed by atoms with van der Waals surface area (Å²) in [4.78, 5) is 14.5. The number of nitrogens with zero attached hydrogens (tertiary/aromatic N) is 1. The Morgan fingerprint density at radius 1 is 1.12 bits per heavy atom. The third-order valence-electron chi connectivity index (χ3n) is 4.83. The van der Waals surface area contributed by atoms with E-state index in [1.807, 2.05) is 4.90 Å². The second kappa shape index (κ2) is 7.23. The van der Waals surface area contributed by atoms with E-state index in [1.165, 1.54) is 6.07 Å². The fourth-order valence-corrected chi connectivity index (χ4v) is 3.28. The van der Waals surface area contributed by atoms with Crippen LogP contribution in [0.1, 0.15) is 23.2 Å². The number of hydrogen-bond acceptors (Lipinski definition) is 4. The van der Waals surface area contributed by atoms with Crippen molar-refractivity contribution in [2.24, 2.45) is 5.92 Å². The summed E-state index contributed by atoms with van der Waals surface area (Å²) in [5.74, 6) is 1.54. The van der Waals surface area contributed by atoms with E-state index >= 15 is 0 Å². The summed E-state index contributed by atoms with van der Waals surface area (Å²) in [5, 5.41) is 0. The van der Waals surface area contributed by atoms with E-state index < -0.39 is 0 Å². The third kappa shape index (κ3) is 3.45. The van der Waals surface area contributed by atoms with E-state index in [0.717, 1.165) is 12.8 Å². The molecule has 1 fully saturated rings. The molecule has 0 atom stereocenters. The van der Waals surface area contributed by atoms with E-state index in [1.54, 1.807) is 36.4 Å². The standard InChI is InChI=1S/C20H20FNO4/c21-16-3-1-2-4-17(16)24-12-14-7-9-22(10-8-14)20(23)15-5-6-18-19(11-15)26-13-25-18/h1-6,11,14H,7-10,12-13H2. The zero-order valence-corrected chi connectivity index (χ0v) is 14.3. The number of halogens is 1. The largest absolute Gasteiger partial charge is 0.490 e. The molecule has 0 saturated carbocycles. The summed E-state index contributed by atoms with van der Waals surface area (Å²) in [6.45, 7) is 1.99. The fraction of sp³-hybridized carbons (Fsp3) is 0.350. The lowest BCUT2D eigenvalue weighted by Gasteiger charge is -2.32. The van der Waals surface area contributed by atoms with Crippen LogP contribution >= 0.6 is 0 Å². The number of ether oxygens (including phenoxy) is 3. The molecule has 2 aromatic rings. The van der Waals surface area contributed by atoms with E-state index in [4.69, 9.17) is 14.2 Å². The third-order valence-corrected chi connectivity index (χ3v) is 4.83. The molecule has 136 valence electrons. The Balaban J connectivity index is 1.30. The van der Waals surface area contributed by atoms with Gasteiger partial charge in [-0.05, 0) is 49.1 Å². The van der Waals surface area contributed by atoms with Gasteiger partial charge in [0.25, 0.3) is 5.91 Å². The minimum atomic E-state index is -0.345. The van der Waals surface area contributed by atoms with Crippen molar-refractivity contribution in [1.29, 1.82) is 0 Å². The first-order chi connectivity index (χ1) is 12.7. The normalized spacial score (nSPS) is 16.6. The topological polar surface area (TPSA) is 48.0 Å². The summed E-state index contributed by atoms with van der Waals surface area (Å²) in [6.07, 6.45) is 1.68. The van der Waals surface area contributed by atoms with Crippen LogP contribution < -0.4 is 14.2 Å². The van der Waals surface area contributed by atoms with Crippen molar-refractivity contribution in [3.63, 3.8) is 0 Å². The van der Waals surface area contributed by atoms with Crippen LogP contribution in [0.5, 0.6) is 17.2 Å². The Labute approximate surface area is 151 Å². The van der Waals surface area contributed by atoms with Crippen molar-refractivity contribution in [2.45, 2.75) is 12.8 Å². The lowest BCUT2D eigenvalue weighted by molar-refractivity contribution is 0.0659. The number of hydrogen-bond donors (Lipinski definition) is 0. The predicted octanol–water partition coefficient (Wildman–Crippen LogP) is 3.49. The fourth-order valence-electron chi connectivity index (χ4n) is 3.28. The van der Waals surface area contributed by atoms with Gasteiger partial charge in [-0.25, -0.2) is 4.39 Å². The van der Waals surface area contributed by atoms with Crippen LogP contribution in [-0.4, -0.2) is 37.3 Å². The summed E-state index contributed by atoms with van der Waals surface area (Å²) < 4.78 is 29.8. The van der Waals surface area contributed by atoms with Gasteiger partial charge in [-0.2, -0.15) is 0 Å². The van der Waals surface area contributed by atoms with Crippen LogP contribution in [0.4, 0.5) is 4.39 Å². The number of amides is 1. The minimum Gasteiger partial charge on any atom is -0.490 e. The monoisotopic (exact) mass is 357 g/mol. The highest BCUT2D eigenvalue weighted by atomic mass is 19.1. The Morgan fingerprint density at radius 2 is 1.88 bits per heavy atom. The van der Waals surface area contributed by atoms with Gasteiger partial charge in [0, 0.05) is 18.7 Å². The average Bonchev–Trinajstić information content (AvgIpc) is 3.15. The van der Waals surface area contributed by atoms with Crippen molar-refractivity contribution < 1.29 is 23.4 Å². The van der Waals surface area contributed by atoms with E-state index in [-0.39, 0.29) is 24.3 Å². The number of piperidine rings is 1. The molecule has 6 heteroatoms. The van der Waals surface area contributed by atoms with Crippen LogP contribution in [0.3, 0.4) is 0 Å². The number of benzene rings is 2.